The van der Waals surface area contributed by atoms with Gasteiger partial charge in [0.25, 0.3) is 5.91 Å². The van der Waals surface area contributed by atoms with Gasteiger partial charge in [-0.15, -0.1) is 5.10 Å². The number of hydrogen-bond donors (Lipinski definition) is 1. The van der Waals surface area contributed by atoms with Gasteiger partial charge in [-0.2, -0.15) is 4.68 Å². The summed E-state index contributed by atoms with van der Waals surface area (Å²) in [4.78, 5) is 12.3. The lowest BCUT2D eigenvalue weighted by atomic mass is 10.2. The number of amides is 1. The van der Waals surface area contributed by atoms with Crippen LogP contribution in [0.2, 0.25) is 0 Å². The van der Waals surface area contributed by atoms with E-state index in [2.05, 4.69) is 36.8 Å². The van der Waals surface area contributed by atoms with E-state index in [0.717, 1.165) is 4.47 Å². The first-order valence-corrected chi connectivity index (χ1v) is 6.92. The predicted octanol–water partition coefficient (Wildman–Crippen LogP) is 2.68. The smallest absolute Gasteiger partial charge is 0.255 e. The van der Waals surface area contributed by atoms with Gasteiger partial charge in [0.1, 0.15) is 6.33 Å². The fourth-order valence-corrected chi connectivity index (χ4v) is 2.27. The molecule has 104 valence electrons. The number of carbonyl (C=O) groups is 1. The zero-order chi connectivity index (χ0) is 14.7. The number of carbonyl (C=O) groups excluding carboxylic acids is 1. The Bertz CT molecular complexity index is 773. The number of rotatable bonds is 3. The minimum absolute atomic E-state index is 0.197. The zero-order valence-electron chi connectivity index (χ0n) is 10.8. The van der Waals surface area contributed by atoms with Crippen molar-refractivity contribution in [1.82, 2.24) is 20.2 Å². The molecule has 0 bridgehead atoms. The Morgan fingerprint density at radius 3 is 2.76 bits per heavy atom. The van der Waals surface area contributed by atoms with E-state index in [1.165, 1.54) is 11.0 Å². The van der Waals surface area contributed by atoms with E-state index in [1.54, 1.807) is 18.2 Å². The van der Waals surface area contributed by atoms with Gasteiger partial charge in [-0.1, -0.05) is 34.1 Å². The first kappa shape index (κ1) is 13.4. The Kier molecular flexibility index (Phi) is 3.74. The minimum Gasteiger partial charge on any atom is -0.320 e. The molecule has 21 heavy (non-hydrogen) atoms. The highest BCUT2D eigenvalue weighted by Crippen LogP contribution is 2.20. The van der Waals surface area contributed by atoms with Gasteiger partial charge in [0, 0.05) is 10.0 Å². The second kappa shape index (κ2) is 5.84. The Morgan fingerprint density at radius 1 is 1.14 bits per heavy atom. The van der Waals surface area contributed by atoms with E-state index < -0.39 is 0 Å². The fraction of sp³-hybridized carbons (Fsp3) is 0. The van der Waals surface area contributed by atoms with Crippen LogP contribution in [-0.4, -0.2) is 26.1 Å². The molecule has 0 saturated carbocycles. The molecule has 1 heterocycles. The highest BCUT2D eigenvalue weighted by molar-refractivity contribution is 9.10. The van der Waals surface area contributed by atoms with Gasteiger partial charge in [0.05, 0.1) is 11.4 Å². The summed E-state index contributed by atoms with van der Waals surface area (Å²) < 4.78 is 2.35. The second-order valence-electron chi connectivity index (χ2n) is 4.24. The Morgan fingerprint density at radius 2 is 2.00 bits per heavy atom. The number of para-hydroxylation sites is 2. The molecule has 7 heteroatoms. The lowest BCUT2D eigenvalue weighted by Crippen LogP contribution is -2.14. The van der Waals surface area contributed by atoms with Gasteiger partial charge in [0.15, 0.2) is 0 Å². The van der Waals surface area contributed by atoms with Crippen molar-refractivity contribution in [1.29, 1.82) is 0 Å². The highest BCUT2D eigenvalue weighted by Gasteiger charge is 2.10. The van der Waals surface area contributed by atoms with Gasteiger partial charge >= 0.3 is 0 Å². The molecule has 0 saturated heterocycles. The number of hydrogen-bond acceptors (Lipinski definition) is 4. The van der Waals surface area contributed by atoms with Gasteiger partial charge < -0.3 is 5.32 Å². The quantitative estimate of drug-likeness (QED) is 0.793. The number of aromatic nitrogens is 4. The van der Waals surface area contributed by atoms with E-state index in [0.29, 0.717) is 16.9 Å². The Balaban J connectivity index is 1.90. The molecule has 0 aliphatic carbocycles. The average Bonchev–Trinajstić information content (AvgIpc) is 3.02. The van der Waals surface area contributed by atoms with Crippen LogP contribution in [0, 0.1) is 0 Å². The molecule has 6 nitrogen and oxygen atoms in total. The minimum atomic E-state index is -0.197. The van der Waals surface area contributed by atoms with E-state index in [4.69, 9.17) is 0 Å². The van der Waals surface area contributed by atoms with Crippen LogP contribution in [-0.2, 0) is 0 Å². The zero-order valence-corrected chi connectivity index (χ0v) is 12.4. The molecular weight excluding hydrogens is 334 g/mol. The number of benzene rings is 2. The predicted molar refractivity (Wildman–Crippen MR) is 81.2 cm³/mol. The van der Waals surface area contributed by atoms with Crippen molar-refractivity contribution in [2.24, 2.45) is 0 Å². The molecule has 3 rings (SSSR count). The molecular formula is C14H10BrN5O. The van der Waals surface area contributed by atoms with E-state index in [-0.39, 0.29) is 5.91 Å². The van der Waals surface area contributed by atoms with Crippen LogP contribution in [0.15, 0.2) is 59.3 Å². The summed E-state index contributed by atoms with van der Waals surface area (Å²) in [6.45, 7) is 0. The maximum absolute atomic E-state index is 12.3. The number of anilines is 1. The van der Waals surface area contributed by atoms with Crippen molar-refractivity contribution in [3.05, 3.63) is 64.9 Å². The number of tetrazole rings is 1. The standard InChI is InChI=1S/C14H10BrN5O/c15-11-5-3-4-10(8-11)14(21)17-12-6-1-2-7-13(12)20-9-16-18-19-20/h1-9H,(H,17,21). The van der Waals surface area contributed by atoms with Crippen LogP contribution >= 0.6 is 15.9 Å². The molecule has 0 atom stereocenters. The van der Waals surface area contributed by atoms with Gasteiger partial charge in [-0.3, -0.25) is 4.79 Å². The normalized spacial score (nSPS) is 10.3. The number of nitrogens with one attached hydrogen (secondary N) is 1. The summed E-state index contributed by atoms with van der Waals surface area (Å²) >= 11 is 3.35. The van der Waals surface area contributed by atoms with Crippen molar-refractivity contribution in [3.63, 3.8) is 0 Å². The molecule has 0 unspecified atom stereocenters. The van der Waals surface area contributed by atoms with Gasteiger partial charge in [-0.05, 0) is 40.8 Å². The summed E-state index contributed by atoms with van der Waals surface area (Å²) in [7, 11) is 0. The lowest BCUT2D eigenvalue weighted by molar-refractivity contribution is 0.102. The van der Waals surface area contributed by atoms with Crippen LogP contribution in [0.1, 0.15) is 10.4 Å². The molecule has 3 aromatic rings. The molecule has 0 spiro atoms. The summed E-state index contributed by atoms with van der Waals surface area (Å²) in [6, 6.07) is 14.5. The van der Waals surface area contributed by atoms with Gasteiger partial charge in [0.2, 0.25) is 0 Å². The summed E-state index contributed by atoms with van der Waals surface area (Å²) in [5.41, 5.74) is 1.90. The SMILES string of the molecule is O=C(Nc1ccccc1-n1cnnn1)c1cccc(Br)c1. The van der Waals surface area contributed by atoms with Crippen LogP contribution in [0.3, 0.4) is 0 Å². The van der Waals surface area contributed by atoms with E-state index >= 15 is 0 Å². The fourth-order valence-electron chi connectivity index (χ4n) is 1.87. The Hall–Kier alpha value is -2.54. The number of halogens is 1. The molecule has 1 N–H and O–H groups in total. The second-order valence-corrected chi connectivity index (χ2v) is 5.15. The van der Waals surface area contributed by atoms with E-state index in [9.17, 15) is 4.79 Å². The van der Waals surface area contributed by atoms with Crippen LogP contribution in [0.25, 0.3) is 5.69 Å². The molecule has 0 radical (unpaired) electrons. The molecule has 1 amide bonds. The van der Waals surface area contributed by atoms with Crippen molar-refractivity contribution >= 4 is 27.5 Å². The van der Waals surface area contributed by atoms with Gasteiger partial charge in [-0.25, -0.2) is 0 Å². The lowest BCUT2D eigenvalue weighted by Gasteiger charge is -2.10. The van der Waals surface area contributed by atoms with Crippen LogP contribution in [0.5, 0.6) is 0 Å². The summed E-state index contributed by atoms with van der Waals surface area (Å²) in [5, 5.41) is 13.9. The Labute approximate surface area is 128 Å². The molecule has 0 aliphatic rings. The summed E-state index contributed by atoms with van der Waals surface area (Å²) in [6.07, 6.45) is 1.48. The van der Waals surface area contributed by atoms with Crippen molar-refractivity contribution in [2.75, 3.05) is 5.32 Å². The third-order valence-electron chi connectivity index (χ3n) is 2.83. The average molecular weight is 344 g/mol. The van der Waals surface area contributed by atoms with Crippen LogP contribution < -0.4 is 5.32 Å². The first-order chi connectivity index (χ1) is 10.2. The van der Waals surface area contributed by atoms with Crippen molar-refractivity contribution < 1.29 is 4.79 Å². The number of nitrogens with zero attached hydrogens (tertiary/aromatic N) is 4. The summed E-state index contributed by atoms with van der Waals surface area (Å²) in [5.74, 6) is -0.197. The third-order valence-corrected chi connectivity index (χ3v) is 3.33. The monoisotopic (exact) mass is 343 g/mol. The third kappa shape index (κ3) is 2.97. The molecule has 0 fully saturated rings. The van der Waals surface area contributed by atoms with E-state index in [1.807, 2.05) is 30.3 Å². The highest BCUT2D eigenvalue weighted by atomic mass is 79.9. The topological polar surface area (TPSA) is 72.7 Å². The van der Waals surface area contributed by atoms with Crippen LogP contribution in [0.4, 0.5) is 5.69 Å². The molecule has 0 aliphatic heterocycles. The maximum Gasteiger partial charge on any atom is 0.255 e. The largest absolute Gasteiger partial charge is 0.320 e. The first-order valence-electron chi connectivity index (χ1n) is 6.13. The van der Waals surface area contributed by atoms with Crippen molar-refractivity contribution in [2.45, 2.75) is 0 Å². The molecule has 1 aromatic heterocycles. The molecule has 2 aromatic carbocycles. The maximum atomic E-state index is 12.3. The van der Waals surface area contributed by atoms with Crippen molar-refractivity contribution in [3.8, 4) is 5.69 Å².